The molecule has 0 bridgehead atoms. The number of quaternary nitrogens is 1. The van der Waals surface area contributed by atoms with Gasteiger partial charge in [0.2, 0.25) is 0 Å². The molecule has 0 saturated carbocycles. The molecule has 154 valence electrons. The molecule has 0 amide bonds. The Kier molecular flexibility index (Phi) is 5.88. The molecular formula is C24H24NO4S+. The maximum Gasteiger partial charge on any atom is 0.336 e. The predicted molar refractivity (Wildman–Crippen MR) is 118 cm³/mol. The van der Waals surface area contributed by atoms with Gasteiger partial charge in [-0.2, -0.15) is 0 Å². The van der Waals surface area contributed by atoms with E-state index in [4.69, 9.17) is 9.15 Å². The Bertz CT molecular complexity index is 1210. The van der Waals surface area contributed by atoms with Gasteiger partial charge < -0.3 is 19.2 Å². The average Bonchev–Trinajstić information content (AvgIpc) is 3.24. The summed E-state index contributed by atoms with van der Waals surface area (Å²) in [6, 6.07) is 17.2. The first kappa shape index (κ1) is 20.2. The summed E-state index contributed by atoms with van der Waals surface area (Å²) in [4.78, 5) is 14.8. The summed E-state index contributed by atoms with van der Waals surface area (Å²) in [5.74, 6) is 0.985. The molecule has 0 aliphatic heterocycles. The van der Waals surface area contributed by atoms with Crippen molar-refractivity contribution in [1.82, 2.24) is 0 Å². The summed E-state index contributed by atoms with van der Waals surface area (Å²) in [6.45, 7) is 3.98. The van der Waals surface area contributed by atoms with Crippen LogP contribution in [0.2, 0.25) is 0 Å². The number of aryl methyl sites for hydroxylation is 1. The number of para-hydroxylation sites is 1. The van der Waals surface area contributed by atoms with Crippen molar-refractivity contribution in [2.75, 3.05) is 7.11 Å². The van der Waals surface area contributed by atoms with Gasteiger partial charge in [0.25, 0.3) is 0 Å². The van der Waals surface area contributed by atoms with Crippen LogP contribution in [-0.2, 0) is 19.6 Å². The Hall–Kier alpha value is -3.09. The number of phenolic OH excluding ortho intramolecular Hbond substituents is 1. The molecule has 0 aliphatic rings. The van der Waals surface area contributed by atoms with Crippen LogP contribution in [0.4, 0.5) is 0 Å². The third-order valence-corrected chi connectivity index (χ3v) is 6.17. The monoisotopic (exact) mass is 422 g/mol. The summed E-state index contributed by atoms with van der Waals surface area (Å²) in [5, 5.41) is 13.0. The predicted octanol–water partition coefficient (Wildman–Crippen LogP) is 3.66. The highest BCUT2D eigenvalue weighted by Gasteiger charge is 2.19. The highest BCUT2D eigenvalue weighted by atomic mass is 32.1. The fourth-order valence-corrected chi connectivity index (χ4v) is 4.57. The molecule has 0 saturated heterocycles. The van der Waals surface area contributed by atoms with Crippen LogP contribution in [0.3, 0.4) is 0 Å². The van der Waals surface area contributed by atoms with Crippen molar-refractivity contribution in [2.45, 2.75) is 26.6 Å². The maximum atomic E-state index is 12.2. The lowest BCUT2D eigenvalue weighted by molar-refractivity contribution is -0.940. The number of ether oxygens (including phenoxy) is 1. The Morgan fingerprint density at radius 2 is 1.83 bits per heavy atom. The number of phenols is 1. The molecule has 2 N–H and O–H groups in total. The van der Waals surface area contributed by atoms with E-state index in [1.165, 1.54) is 9.78 Å². The van der Waals surface area contributed by atoms with Gasteiger partial charge in [0.15, 0.2) is 0 Å². The van der Waals surface area contributed by atoms with Crippen LogP contribution >= 0.6 is 11.3 Å². The van der Waals surface area contributed by atoms with Crippen LogP contribution < -0.4 is 15.3 Å². The van der Waals surface area contributed by atoms with E-state index in [0.29, 0.717) is 17.7 Å². The third kappa shape index (κ3) is 4.25. The summed E-state index contributed by atoms with van der Waals surface area (Å²) in [6.07, 6.45) is 0. The molecule has 6 heteroatoms. The van der Waals surface area contributed by atoms with E-state index in [0.717, 1.165) is 35.4 Å². The zero-order valence-electron chi connectivity index (χ0n) is 17.0. The number of aromatic hydroxyl groups is 1. The van der Waals surface area contributed by atoms with Gasteiger partial charge >= 0.3 is 5.63 Å². The van der Waals surface area contributed by atoms with Crippen molar-refractivity contribution in [2.24, 2.45) is 0 Å². The van der Waals surface area contributed by atoms with Gasteiger partial charge in [0.1, 0.15) is 36.7 Å². The molecule has 0 fully saturated rings. The van der Waals surface area contributed by atoms with Crippen molar-refractivity contribution >= 4 is 22.3 Å². The first-order valence-electron chi connectivity index (χ1n) is 9.78. The minimum absolute atomic E-state index is 0.125. The van der Waals surface area contributed by atoms with Crippen molar-refractivity contribution in [3.8, 4) is 11.5 Å². The van der Waals surface area contributed by atoms with Crippen molar-refractivity contribution in [1.29, 1.82) is 0 Å². The van der Waals surface area contributed by atoms with E-state index in [9.17, 15) is 9.90 Å². The number of thiophene rings is 1. The number of nitrogens with one attached hydrogen (secondary N) is 1. The van der Waals surface area contributed by atoms with E-state index in [1.807, 2.05) is 24.3 Å². The maximum absolute atomic E-state index is 12.2. The van der Waals surface area contributed by atoms with Crippen molar-refractivity contribution < 1.29 is 19.2 Å². The van der Waals surface area contributed by atoms with Gasteiger partial charge in [0.05, 0.1) is 12.0 Å². The van der Waals surface area contributed by atoms with E-state index >= 15 is 0 Å². The van der Waals surface area contributed by atoms with Crippen molar-refractivity contribution in [3.63, 3.8) is 0 Å². The van der Waals surface area contributed by atoms with Gasteiger partial charge in [-0.3, -0.25) is 0 Å². The molecule has 4 aromatic rings. The van der Waals surface area contributed by atoms with Crippen molar-refractivity contribution in [3.05, 3.63) is 92.0 Å². The average molecular weight is 423 g/mol. The molecular weight excluding hydrogens is 398 g/mol. The van der Waals surface area contributed by atoms with Crippen LogP contribution in [0.25, 0.3) is 11.0 Å². The number of hydrogen-bond acceptors (Lipinski definition) is 5. The van der Waals surface area contributed by atoms with E-state index in [-0.39, 0.29) is 5.75 Å². The third-order valence-electron chi connectivity index (χ3n) is 5.30. The SMILES string of the molecule is COc1ccccc1C[NH+](Cc1cccs1)Cc1cc(=O)oc2c(C)c(O)ccc12. The van der Waals surface area contributed by atoms with Gasteiger partial charge in [-0.05, 0) is 42.6 Å². The van der Waals surface area contributed by atoms with Crippen LogP contribution in [0.1, 0.15) is 21.6 Å². The molecule has 0 aliphatic carbocycles. The van der Waals surface area contributed by atoms with E-state index < -0.39 is 5.63 Å². The number of methoxy groups -OCH3 is 1. The molecule has 2 heterocycles. The summed E-state index contributed by atoms with van der Waals surface area (Å²) < 4.78 is 11.0. The van der Waals surface area contributed by atoms with Crippen LogP contribution in [0.5, 0.6) is 11.5 Å². The Morgan fingerprint density at radius 3 is 2.60 bits per heavy atom. The first-order chi connectivity index (χ1) is 14.5. The number of fused-ring (bicyclic) bond motifs is 1. The summed E-state index contributed by atoms with van der Waals surface area (Å²) >= 11 is 1.73. The van der Waals surface area contributed by atoms with Gasteiger partial charge in [0, 0.05) is 28.1 Å². The molecule has 0 radical (unpaired) electrons. The quantitative estimate of drug-likeness (QED) is 0.446. The van der Waals surface area contributed by atoms with Crippen LogP contribution in [0.15, 0.2) is 69.2 Å². The summed E-state index contributed by atoms with van der Waals surface area (Å²) in [7, 11) is 1.68. The van der Waals surface area contributed by atoms with E-state index in [1.54, 1.807) is 37.5 Å². The minimum Gasteiger partial charge on any atom is -0.508 e. The lowest BCUT2D eigenvalue weighted by atomic mass is 10.1. The van der Waals surface area contributed by atoms with Gasteiger partial charge in [-0.25, -0.2) is 4.79 Å². The Morgan fingerprint density at radius 1 is 1.03 bits per heavy atom. The summed E-state index contributed by atoms with van der Waals surface area (Å²) in [5.41, 5.74) is 2.65. The number of benzene rings is 2. The molecule has 2 aromatic heterocycles. The van der Waals surface area contributed by atoms with Gasteiger partial charge in [-0.15, -0.1) is 11.3 Å². The molecule has 30 heavy (non-hydrogen) atoms. The Labute approximate surface area is 178 Å². The topological polar surface area (TPSA) is 64.1 Å². The molecule has 4 rings (SSSR count). The lowest BCUT2D eigenvalue weighted by Crippen LogP contribution is -3.08. The zero-order valence-corrected chi connectivity index (χ0v) is 17.8. The van der Waals surface area contributed by atoms with E-state index in [2.05, 4.69) is 23.6 Å². The lowest BCUT2D eigenvalue weighted by Gasteiger charge is -2.21. The second-order valence-corrected chi connectivity index (χ2v) is 8.38. The molecule has 0 spiro atoms. The van der Waals surface area contributed by atoms with Crippen LogP contribution in [-0.4, -0.2) is 12.2 Å². The van der Waals surface area contributed by atoms with Gasteiger partial charge in [-0.1, -0.05) is 18.2 Å². The molecule has 1 atom stereocenters. The van der Waals surface area contributed by atoms with Crippen LogP contribution in [0, 0.1) is 6.92 Å². The second kappa shape index (κ2) is 8.73. The molecule has 1 unspecified atom stereocenters. The second-order valence-electron chi connectivity index (χ2n) is 7.35. The standard InChI is InChI=1S/C24H23NO4S/c1-16-21(26)10-9-20-18(12-23(27)29-24(16)20)14-25(15-19-7-5-11-30-19)13-17-6-3-4-8-22(17)28-2/h3-12,26H,13-15H2,1-2H3/p+1. The Balaban J connectivity index is 1.73. The minimum atomic E-state index is -0.404. The number of rotatable bonds is 7. The highest BCUT2D eigenvalue weighted by molar-refractivity contribution is 7.09. The zero-order chi connectivity index (χ0) is 21.1. The highest BCUT2D eigenvalue weighted by Crippen LogP contribution is 2.27. The fourth-order valence-electron chi connectivity index (χ4n) is 3.80. The largest absolute Gasteiger partial charge is 0.508 e. The molecule has 5 nitrogen and oxygen atoms in total. The number of hydrogen-bond donors (Lipinski definition) is 2. The molecule has 2 aromatic carbocycles. The normalized spacial score (nSPS) is 12.2. The fraction of sp³-hybridized carbons (Fsp3) is 0.208. The smallest absolute Gasteiger partial charge is 0.336 e. The first-order valence-corrected chi connectivity index (χ1v) is 10.7.